The standard InChI is InChI=1S/C41H42ClF4N7O4S/c1-50(25-12-14-52(15-13-25)32-16-24(42)17-33-37(32)51(2)40(57)53(33)31-11-10-26(54)18-34(31)55)21-22-6-8-23(9-7-22)39-49-30-19-27(43)29(20-35(30)58-39)48-38(56)28-4-3-5-36(47-28)41(44,45)46/h3-5,16-17,19-20,22-23,25,31H,6-15,18,21H2,1-2H3,(H,48,56). The zero-order valence-corrected chi connectivity index (χ0v) is 33.5. The van der Waals surface area contributed by atoms with Gasteiger partial charge in [-0.2, -0.15) is 13.2 Å². The number of carbonyl (C=O) groups excluding carboxylic acids is 3. The molecule has 4 heterocycles. The molecule has 17 heteroatoms. The van der Waals surface area contributed by atoms with Gasteiger partial charge in [-0.05, 0) is 88.2 Å². The summed E-state index contributed by atoms with van der Waals surface area (Å²) in [6.07, 6.45) is 1.49. The number of Topliss-reactive ketones (excluding diaryl/α,β-unsaturated/α-hetero) is 2. The molecule has 1 atom stereocenters. The number of amides is 1. The average Bonchev–Trinajstić information content (AvgIpc) is 3.71. The van der Waals surface area contributed by atoms with Crippen molar-refractivity contribution in [2.24, 2.45) is 13.0 Å². The number of anilines is 2. The van der Waals surface area contributed by atoms with E-state index < -0.39 is 35.3 Å². The third-order valence-electron chi connectivity index (χ3n) is 12.1. The Morgan fingerprint density at radius 3 is 2.45 bits per heavy atom. The zero-order valence-electron chi connectivity index (χ0n) is 32.0. The van der Waals surface area contributed by atoms with E-state index in [0.29, 0.717) is 39.1 Å². The minimum atomic E-state index is -4.72. The van der Waals surface area contributed by atoms with Crippen LogP contribution in [-0.2, 0) is 22.8 Å². The molecule has 58 heavy (non-hydrogen) atoms. The molecule has 2 aliphatic carbocycles. The van der Waals surface area contributed by atoms with Crippen LogP contribution in [0.2, 0.25) is 5.02 Å². The predicted octanol–water partition coefficient (Wildman–Crippen LogP) is 8.15. The molecule has 0 radical (unpaired) electrons. The highest BCUT2D eigenvalue weighted by molar-refractivity contribution is 7.18. The number of hydrogen-bond donors (Lipinski definition) is 1. The largest absolute Gasteiger partial charge is 0.433 e. The number of alkyl halides is 3. The topological polar surface area (TPSA) is 122 Å². The Morgan fingerprint density at radius 2 is 1.74 bits per heavy atom. The molecule has 3 aromatic heterocycles. The predicted molar refractivity (Wildman–Crippen MR) is 214 cm³/mol. The van der Waals surface area contributed by atoms with Gasteiger partial charge >= 0.3 is 11.9 Å². The van der Waals surface area contributed by atoms with Gasteiger partial charge in [0.2, 0.25) is 0 Å². The number of rotatable bonds is 8. The van der Waals surface area contributed by atoms with Crippen LogP contribution in [0.4, 0.5) is 28.9 Å². The summed E-state index contributed by atoms with van der Waals surface area (Å²) in [5, 5.41) is 3.75. The fourth-order valence-electron chi connectivity index (χ4n) is 8.97. The van der Waals surface area contributed by atoms with Crippen molar-refractivity contribution in [1.82, 2.24) is 24.0 Å². The summed E-state index contributed by atoms with van der Waals surface area (Å²) in [6, 6.07) is 9.03. The van der Waals surface area contributed by atoms with Crippen LogP contribution in [-0.4, -0.2) is 74.2 Å². The van der Waals surface area contributed by atoms with Crippen molar-refractivity contribution in [3.8, 4) is 0 Å². The van der Waals surface area contributed by atoms with Crippen LogP contribution in [0.3, 0.4) is 0 Å². The molecule has 1 saturated heterocycles. The molecule has 5 aromatic rings. The van der Waals surface area contributed by atoms with Crippen LogP contribution >= 0.6 is 22.9 Å². The number of fused-ring (bicyclic) bond motifs is 2. The zero-order chi connectivity index (χ0) is 41.0. The second-order valence-electron chi connectivity index (χ2n) is 15.8. The molecule has 8 rings (SSSR count). The lowest BCUT2D eigenvalue weighted by atomic mass is 9.82. The third-order valence-corrected chi connectivity index (χ3v) is 13.5. The first-order chi connectivity index (χ1) is 27.6. The maximum atomic E-state index is 15.0. The van der Waals surface area contributed by atoms with E-state index in [2.05, 4.69) is 27.1 Å². The van der Waals surface area contributed by atoms with E-state index in [-0.39, 0.29) is 41.7 Å². The molecule has 1 aliphatic heterocycles. The van der Waals surface area contributed by atoms with E-state index >= 15 is 4.39 Å². The number of hydrogen-bond acceptors (Lipinski definition) is 9. The number of halogens is 5. The maximum absolute atomic E-state index is 15.0. The third kappa shape index (κ3) is 7.90. The average molecular weight is 840 g/mol. The number of benzene rings is 2. The molecule has 1 N–H and O–H groups in total. The molecule has 306 valence electrons. The van der Waals surface area contributed by atoms with Crippen LogP contribution in [0.15, 0.2) is 47.3 Å². The Balaban J connectivity index is 0.867. The summed E-state index contributed by atoms with van der Waals surface area (Å²) < 4.78 is 58.1. The van der Waals surface area contributed by atoms with Crippen molar-refractivity contribution in [2.45, 2.75) is 82.0 Å². The fraction of sp³-hybridized carbons (Fsp3) is 0.463. The molecule has 11 nitrogen and oxygen atoms in total. The lowest BCUT2D eigenvalue weighted by Crippen LogP contribution is -2.45. The highest BCUT2D eigenvalue weighted by Crippen LogP contribution is 2.41. The van der Waals surface area contributed by atoms with Crippen molar-refractivity contribution >= 4 is 73.0 Å². The van der Waals surface area contributed by atoms with E-state index in [1.165, 1.54) is 28.0 Å². The van der Waals surface area contributed by atoms with Crippen molar-refractivity contribution in [1.29, 1.82) is 0 Å². The molecule has 0 bridgehead atoms. The van der Waals surface area contributed by atoms with Crippen LogP contribution in [0.5, 0.6) is 0 Å². The minimum Gasteiger partial charge on any atom is -0.370 e. The van der Waals surface area contributed by atoms with Crippen LogP contribution in [0.1, 0.15) is 90.9 Å². The first-order valence-electron chi connectivity index (χ1n) is 19.5. The summed E-state index contributed by atoms with van der Waals surface area (Å²) in [7, 11) is 3.90. The summed E-state index contributed by atoms with van der Waals surface area (Å²) in [4.78, 5) is 63.8. The van der Waals surface area contributed by atoms with Gasteiger partial charge in [0.25, 0.3) is 5.91 Å². The van der Waals surface area contributed by atoms with Gasteiger partial charge in [-0.1, -0.05) is 17.7 Å². The smallest absolute Gasteiger partial charge is 0.370 e. The molecule has 2 aromatic carbocycles. The van der Waals surface area contributed by atoms with E-state index in [9.17, 15) is 32.3 Å². The Hall–Kier alpha value is -4.67. The van der Waals surface area contributed by atoms with Gasteiger partial charge in [0.15, 0.2) is 5.78 Å². The van der Waals surface area contributed by atoms with Crippen molar-refractivity contribution < 1.29 is 31.9 Å². The Morgan fingerprint density at radius 1 is 1.00 bits per heavy atom. The summed E-state index contributed by atoms with van der Waals surface area (Å²) >= 11 is 8.08. The van der Waals surface area contributed by atoms with Crippen LogP contribution < -0.4 is 15.9 Å². The van der Waals surface area contributed by atoms with Gasteiger partial charge in [0.1, 0.15) is 23.0 Å². The number of carbonyl (C=O) groups is 3. The highest BCUT2D eigenvalue weighted by Gasteiger charge is 2.35. The van der Waals surface area contributed by atoms with E-state index in [1.807, 2.05) is 6.07 Å². The number of nitrogens with one attached hydrogen (secondary N) is 1. The molecule has 3 fully saturated rings. The molecule has 2 saturated carbocycles. The van der Waals surface area contributed by atoms with Gasteiger partial charge in [0, 0.05) is 56.2 Å². The molecular weight excluding hydrogens is 798 g/mol. The first kappa shape index (κ1) is 40.1. The summed E-state index contributed by atoms with van der Waals surface area (Å²) in [6.45, 7) is 2.52. The number of thiazole rings is 1. The lowest BCUT2D eigenvalue weighted by Gasteiger charge is -2.40. The van der Waals surface area contributed by atoms with Gasteiger partial charge < -0.3 is 15.1 Å². The SMILES string of the molecule is CN(CC1CCC(c2nc3cc(F)c(NC(=O)c4cccc(C(F)(F)F)n4)cc3s2)CC1)C1CCN(c2cc(Cl)cc3c2n(C)c(=O)n3C2CCC(=O)CC2=O)CC1. The Bertz CT molecular complexity index is 2480. The van der Waals surface area contributed by atoms with Gasteiger partial charge in [-0.15, -0.1) is 11.3 Å². The van der Waals surface area contributed by atoms with Gasteiger partial charge in [-0.25, -0.2) is 19.2 Å². The Labute approximate surface area is 340 Å². The number of aromatic nitrogens is 4. The minimum absolute atomic E-state index is 0.0954. The quantitative estimate of drug-likeness (QED) is 0.123. The van der Waals surface area contributed by atoms with Crippen LogP contribution in [0.25, 0.3) is 21.3 Å². The van der Waals surface area contributed by atoms with E-state index in [0.717, 1.165) is 92.6 Å². The Kier molecular flexibility index (Phi) is 11.0. The van der Waals surface area contributed by atoms with Crippen molar-refractivity contribution in [2.75, 3.05) is 36.9 Å². The van der Waals surface area contributed by atoms with Gasteiger partial charge in [0.05, 0.1) is 50.1 Å². The van der Waals surface area contributed by atoms with Crippen molar-refractivity contribution in [3.05, 3.63) is 80.2 Å². The van der Waals surface area contributed by atoms with E-state index in [4.69, 9.17) is 16.6 Å². The number of piperidine rings is 1. The monoisotopic (exact) mass is 839 g/mol. The highest BCUT2D eigenvalue weighted by atomic mass is 35.5. The fourth-order valence-corrected chi connectivity index (χ4v) is 10.3. The number of imidazole rings is 1. The first-order valence-corrected chi connectivity index (χ1v) is 20.7. The van der Waals surface area contributed by atoms with Gasteiger partial charge in [-0.3, -0.25) is 23.5 Å². The van der Waals surface area contributed by atoms with Crippen LogP contribution in [0, 0.1) is 11.7 Å². The number of nitrogens with zero attached hydrogens (tertiary/aromatic N) is 6. The molecule has 1 unspecified atom stereocenters. The molecule has 3 aliphatic rings. The second kappa shape index (κ2) is 15.8. The second-order valence-corrected chi connectivity index (χ2v) is 17.3. The number of pyridine rings is 1. The summed E-state index contributed by atoms with van der Waals surface area (Å²) in [5.41, 5.74) is 0.562. The lowest BCUT2D eigenvalue weighted by molar-refractivity contribution is -0.141. The summed E-state index contributed by atoms with van der Waals surface area (Å²) in [5.74, 6) is -1.28. The number of ketones is 2. The molecular formula is C41H42ClF4N7O4S. The maximum Gasteiger partial charge on any atom is 0.433 e. The number of aryl methyl sites for hydroxylation is 1. The molecule has 1 amide bonds. The molecule has 0 spiro atoms. The van der Waals surface area contributed by atoms with Crippen molar-refractivity contribution in [3.63, 3.8) is 0 Å². The van der Waals surface area contributed by atoms with E-state index in [1.54, 1.807) is 17.7 Å². The normalized spacial score (nSPS) is 21.1.